The molecule has 2 unspecified atom stereocenters. The normalized spacial score (nSPS) is 13.9. The smallest absolute Gasteiger partial charge is 0.0318 e. The van der Waals surface area contributed by atoms with Crippen molar-refractivity contribution < 1.29 is 0 Å². The van der Waals surface area contributed by atoms with E-state index < -0.39 is 0 Å². The van der Waals surface area contributed by atoms with Gasteiger partial charge >= 0.3 is 0 Å². The van der Waals surface area contributed by atoms with Gasteiger partial charge in [-0.2, -0.15) is 0 Å². The fraction of sp³-hybridized carbons (Fsp3) is 0.333. The van der Waals surface area contributed by atoms with Gasteiger partial charge in [-0.15, -0.1) is 0 Å². The monoisotopic (exact) mass is 331 g/mol. The van der Waals surface area contributed by atoms with E-state index in [-0.39, 0.29) is 0 Å². The molecule has 0 bridgehead atoms. The van der Waals surface area contributed by atoms with Crippen molar-refractivity contribution in [3.63, 3.8) is 0 Å². The Kier molecular flexibility index (Phi) is 5.81. The molecule has 2 aromatic rings. The van der Waals surface area contributed by atoms with Crippen molar-refractivity contribution in [1.29, 1.82) is 0 Å². The Balaban J connectivity index is 1.97. The highest BCUT2D eigenvalue weighted by atomic mass is 79.9. The van der Waals surface area contributed by atoms with Crippen molar-refractivity contribution in [2.24, 2.45) is 0 Å². The largest absolute Gasteiger partial charge is 0.309 e. The summed E-state index contributed by atoms with van der Waals surface area (Å²) in [5.74, 6) is 0.525. The minimum absolute atomic E-state index is 0.415. The molecule has 0 aliphatic rings. The first-order chi connectivity index (χ1) is 9.70. The molecular weight excluding hydrogens is 310 g/mol. The minimum atomic E-state index is 0.415. The van der Waals surface area contributed by atoms with Crippen LogP contribution < -0.4 is 5.32 Å². The third-order valence-electron chi connectivity index (χ3n) is 3.70. The number of rotatable bonds is 6. The van der Waals surface area contributed by atoms with Crippen molar-refractivity contribution in [2.75, 3.05) is 6.54 Å². The van der Waals surface area contributed by atoms with Crippen LogP contribution in [-0.2, 0) is 0 Å². The van der Waals surface area contributed by atoms with Crippen LogP contribution in [0, 0.1) is 0 Å². The zero-order valence-corrected chi connectivity index (χ0v) is 13.7. The maximum atomic E-state index is 3.69. The van der Waals surface area contributed by atoms with Crippen molar-refractivity contribution in [3.8, 4) is 0 Å². The molecule has 2 atom stereocenters. The van der Waals surface area contributed by atoms with Crippen LogP contribution in [0.4, 0.5) is 0 Å². The van der Waals surface area contributed by atoms with Gasteiger partial charge in [0, 0.05) is 17.1 Å². The Morgan fingerprint density at radius 1 is 1.00 bits per heavy atom. The Morgan fingerprint density at radius 3 is 2.35 bits per heavy atom. The predicted octanol–water partition coefficient (Wildman–Crippen LogP) is 5.29. The third-order valence-corrected chi connectivity index (χ3v) is 4.19. The average molecular weight is 332 g/mol. The Hall–Kier alpha value is -1.12. The van der Waals surface area contributed by atoms with Gasteiger partial charge in [0.2, 0.25) is 0 Å². The van der Waals surface area contributed by atoms with Crippen LogP contribution >= 0.6 is 15.9 Å². The van der Waals surface area contributed by atoms with Gasteiger partial charge in [-0.25, -0.2) is 0 Å². The lowest BCUT2D eigenvalue weighted by atomic mass is 9.99. The maximum Gasteiger partial charge on any atom is 0.0318 e. The van der Waals surface area contributed by atoms with E-state index >= 15 is 0 Å². The standard InChI is InChI=1S/C18H22BrN/c1-3-18(16-10-7-11-17(19)12-16)20-13-14(2)15-8-5-4-6-9-15/h4-12,14,18,20H,3,13H2,1-2H3. The van der Waals surface area contributed by atoms with Gasteiger partial charge in [-0.3, -0.25) is 0 Å². The van der Waals surface area contributed by atoms with Crippen molar-refractivity contribution in [1.82, 2.24) is 5.32 Å². The van der Waals surface area contributed by atoms with E-state index in [2.05, 4.69) is 89.7 Å². The summed E-state index contributed by atoms with van der Waals surface area (Å²) in [6.45, 7) is 5.50. The zero-order valence-electron chi connectivity index (χ0n) is 12.1. The lowest BCUT2D eigenvalue weighted by molar-refractivity contribution is 0.495. The van der Waals surface area contributed by atoms with E-state index in [4.69, 9.17) is 0 Å². The van der Waals surface area contributed by atoms with E-state index in [0.717, 1.165) is 17.4 Å². The highest BCUT2D eigenvalue weighted by molar-refractivity contribution is 9.10. The summed E-state index contributed by atoms with van der Waals surface area (Å²) < 4.78 is 1.14. The van der Waals surface area contributed by atoms with E-state index in [1.807, 2.05) is 0 Å². The van der Waals surface area contributed by atoms with Gasteiger partial charge in [-0.05, 0) is 35.6 Å². The summed E-state index contributed by atoms with van der Waals surface area (Å²) in [7, 11) is 0. The van der Waals surface area contributed by atoms with Gasteiger partial charge < -0.3 is 5.32 Å². The molecule has 20 heavy (non-hydrogen) atoms. The topological polar surface area (TPSA) is 12.0 Å². The second-order valence-electron chi connectivity index (χ2n) is 5.24. The molecule has 0 amide bonds. The molecule has 2 heteroatoms. The summed E-state index contributed by atoms with van der Waals surface area (Å²) in [6, 6.07) is 19.7. The molecule has 1 N–H and O–H groups in total. The van der Waals surface area contributed by atoms with Crippen LogP contribution in [0.1, 0.15) is 43.4 Å². The molecule has 0 aromatic heterocycles. The molecule has 0 saturated carbocycles. The Labute approximate surface area is 130 Å². The molecule has 0 spiro atoms. The van der Waals surface area contributed by atoms with Crippen LogP contribution in [0.15, 0.2) is 59.1 Å². The molecular formula is C18H22BrN. The molecule has 0 saturated heterocycles. The average Bonchev–Trinajstić information content (AvgIpc) is 2.48. The van der Waals surface area contributed by atoms with Gasteiger partial charge in [0.05, 0.1) is 0 Å². The van der Waals surface area contributed by atoms with Crippen LogP contribution in [-0.4, -0.2) is 6.54 Å². The summed E-state index contributed by atoms with van der Waals surface area (Å²) in [6.07, 6.45) is 1.10. The second-order valence-corrected chi connectivity index (χ2v) is 6.15. The Morgan fingerprint density at radius 2 is 1.70 bits per heavy atom. The fourth-order valence-electron chi connectivity index (χ4n) is 2.44. The highest BCUT2D eigenvalue weighted by Gasteiger charge is 2.11. The van der Waals surface area contributed by atoms with Crippen LogP contribution in [0.2, 0.25) is 0 Å². The van der Waals surface area contributed by atoms with Gasteiger partial charge in [0.15, 0.2) is 0 Å². The first-order valence-electron chi connectivity index (χ1n) is 7.24. The molecule has 0 radical (unpaired) electrons. The maximum absolute atomic E-state index is 3.69. The van der Waals surface area contributed by atoms with Gasteiger partial charge in [0.25, 0.3) is 0 Å². The van der Waals surface area contributed by atoms with Crippen molar-refractivity contribution in [3.05, 3.63) is 70.2 Å². The fourth-order valence-corrected chi connectivity index (χ4v) is 2.86. The van der Waals surface area contributed by atoms with Crippen molar-refractivity contribution >= 4 is 15.9 Å². The molecule has 2 rings (SSSR count). The molecule has 106 valence electrons. The number of benzene rings is 2. The summed E-state index contributed by atoms with van der Waals surface area (Å²) >= 11 is 3.55. The molecule has 0 heterocycles. The first kappa shape index (κ1) is 15.3. The Bertz CT molecular complexity index is 524. The molecule has 0 fully saturated rings. The van der Waals surface area contributed by atoms with Gasteiger partial charge in [0.1, 0.15) is 0 Å². The third kappa shape index (κ3) is 4.19. The summed E-state index contributed by atoms with van der Waals surface area (Å²) in [5.41, 5.74) is 2.74. The number of halogens is 1. The van der Waals surface area contributed by atoms with Crippen LogP contribution in [0.3, 0.4) is 0 Å². The lowest BCUT2D eigenvalue weighted by Crippen LogP contribution is -2.25. The predicted molar refractivity (Wildman–Crippen MR) is 90.0 cm³/mol. The summed E-state index contributed by atoms with van der Waals surface area (Å²) in [4.78, 5) is 0. The molecule has 0 aliphatic carbocycles. The quantitative estimate of drug-likeness (QED) is 0.757. The number of nitrogens with one attached hydrogen (secondary N) is 1. The lowest BCUT2D eigenvalue weighted by Gasteiger charge is -2.21. The van der Waals surface area contributed by atoms with Crippen LogP contribution in [0.5, 0.6) is 0 Å². The minimum Gasteiger partial charge on any atom is -0.309 e. The number of hydrogen-bond acceptors (Lipinski definition) is 1. The highest BCUT2D eigenvalue weighted by Crippen LogP contribution is 2.22. The van der Waals surface area contributed by atoms with E-state index in [1.165, 1.54) is 11.1 Å². The van der Waals surface area contributed by atoms with Crippen LogP contribution in [0.25, 0.3) is 0 Å². The molecule has 2 aromatic carbocycles. The zero-order chi connectivity index (χ0) is 14.4. The number of hydrogen-bond donors (Lipinski definition) is 1. The van der Waals surface area contributed by atoms with Gasteiger partial charge in [-0.1, -0.05) is 72.2 Å². The first-order valence-corrected chi connectivity index (χ1v) is 8.03. The van der Waals surface area contributed by atoms with E-state index in [1.54, 1.807) is 0 Å². The SMILES string of the molecule is CCC(NCC(C)c1ccccc1)c1cccc(Br)c1. The second kappa shape index (κ2) is 7.61. The molecule has 0 aliphatic heterocycles. The van der Waals surface area contributed by atoms with E-state index in [0.29, 0.717) is 12.0 Å². The summed E-state index contributed by atoms with van der Waals surface area (Å²) in [5, 5.41) is 3.69. The molecule has 1 nitrogen and oxygen atoms in total. The van der Waals surface area contributed by atoms with E-state index in [9.17, 15) is 0 Å². The van der Waals surface area contributed by atoms with Crippen molar-refractivity contribution in [2.45, 2.75) is 32.2 Å².